The Morgan fingerprint density at radius 1 is 1.47 bits per heavy atom. The summed E-state index contributed by atoms with van der Waals surface area (Å²) in [5.41, 5.74) is 0. The molecule has 1 aromatic rings. The maximum atomic E-state index is 12.3. The molecule has 0 bridgehead atoms. The molecule has 1 unspecified atom stereocenters. The average Bonchev–Trinajstić information content (AvgIpc) is 2.95. The predicted molar refractivity (Wildman–Crippen MR) is 76.3 cm³/mol. The van der Waals surface area contributed by atoms with E-state index in [1.54, 1.807) is 11.8 Å². The molecular weight excluding hydrogens is 262 g/mol. The lowest BCUT2D eigenvalue weighted by molar-refractivity contribution is -0.145. The van der Waals surface area contributed by atoms with Crippen molar-refractivity contribution in [1.29, 1.82) is 0 Å². The minimum absolute atomic E-state index is 0.000738. The predicted octanol–water partition coefficient (Wildman–Crippen LogP) is 2.80. The summed E-state index contributed by atoms with van der Waals surface area (Å²) in [6.45, 7) is 4.95. The van der Waals surface area contributed by atoms with Gasteiger partial charge < -0.3 is 9.64 Å². The van der Waals surface area contributed by atoms with Gasteiger partial charge in [0.15, 0.2) is 0 Å². The van der Waals surface area contributed by atoms with E-state index in [0.29, 0.717) is 18.0 Å². The zero-order valence-electron chi connectivity index (χ0n) is 11.7. The van der Waals surface area contributed by atoms with Crippen LogP contribution in [0.15, 0.2) is 17.5 Å². The first-order valence-electron chi connectivity index (χ1n) is 6.50. The zero-order chi connectivity index (χ0) is 14.3. The fraction of sp³-hybridized carbons (Fsp3) is 0.571. The van der Waals surface area contributed by atoms with Crippen molar-refractivity contribution in [1.82, 2.24) is 4.90 Å². The van der Waals surface area contributed by atoms with Gasteiger partial charge in [-0.2, -0.15) is 0 Å². The Balaban J connectivity index is 2.71. The van der Waals surface area contributed by atoms with Crippen LogP contribution >= 0.6 is 11.3 Å². The molecule has 0 saturated carbocycles. The zero-order valence-corrected chi connectivity index (χ0v) is 12.5. The van der Waals surface area contributed by atoms with Gasteiger partial charge in [0.2, 0.25) is 0 Å². The molecule has 1 aromatic heterocycles. The van der Waals surface area contributed by atoms with Crippen LogP contribution in [0.3, 0.4) is 0 Å². The Hall–Kier alpha value is -1.36. The highest BCUT2D eigenvalue weighted by molar-refractivity contribution is 7.12. The van der Waals surface area contributed by atoms with Crippen molar-refractivity contribution >= 4 is 23.2 Å². The van der Waals surface area contributed by atoms with E-state index in [1.165, 1.54) is 18.4 Å². The number of carbonyl (C=O) groups is 2. The molecule has 1 rings (SSSR count). The van der Waals surface area contributed by atoms with Gasteiger partial charge >= 0.3 is 5.97 Å². The van der Waals surface area contributed by atoms with Crippen LogP contribution in [0.4, 0.5) is 0 Å². The van der Waals surface area contributed by atoms with Crippen molar-refractivity contribution in [3.8, 4) is 0 Å². The van der Waals surface area contributed by atoms with Crippen molar-refractivity contribution in [2.75, 3.05) is 20.2 Å². The average molecular weight is 283 g/mol. The van der Waals surface area contributed by atoms with E-state index in [0.717, 1.165) is 12.8 Å². The monoisotopic (exact) mass is 283 g/mol. The number of carbonyl (C=O) groups excluding carboxylic acids is 2. The number of amides is 1. The molecule has 0 spiro atoms. The molecular formula is C14H21NO3S. The van der Waals surface area contributed by atoms with Gasteiger partial charge in [0.25, 0.3) is 5.91 Å². The first-order valence-corrected chi connectivity index (χ1v) is 7.38. The molecule has 106 valence electrons. The molecule has 0 saturated heterocycles. The Morgan fingerprint density at radius 2 is 2.21 bits per heavy atom. The molecule has 0 fully saturated rings. The van der Waals surface area contributed by atoms with Crippen molar-refractivity contribution in [3.63, 3.8) is 0 Å². The van der Waals surface area contributed by atoms with E-state index in [2.05, 4.69) is 6.92 Å². The van der Waals surface area contributed by atoms with Gasteiger partial charge in [0.1, 0.15) is 0 Å². The van der Waals surface area contributed by atoms with Gasteiger partial charge in [-0.25, -0.2) is 0 Å². The molecule has 4 nitrogen and oxygen atoms in total. The summed E-state index contributed by atoms with van der Waals surface area (Å²) in [7, 11) is 1.37. The summed E-state index contributed by atoms with van der Waals surface area (Å²) >= 11 is 1.43. The largest absolute Gasteiger partial charge is 0.469 e. The second-order valence-electron chi connectivity index (χ2n) is 4.51. The standard InChI is InChI=1S/C14H21NO3S/c1-4-5-8-15(10-11(2)14(17)18-3)13(16)12-7-6-9-19-12/h6-7,9,11H,4-5,8,10H2,1-3H3. The molecule has 0 radical (unpaired) electrons. The fourth-order valence-corrected chi connectivity index (χ4v) is 2.48. The Morgan fingerprint density at radius 3 is 2.74 bits per heavy atom. The van der Waals surface area contributed by atoms with Crippen LogP contribution in [-0.4, -0.2) is 37.0 Å². The topological polar surface area (TPSA) is 46.6 Å². The van der Waals surface area contributed by atoms with Gasteiger partial charge in [0, 0.05) is 13.1 Å². The molecule has 0 N–H and O–H groups in total. The summed E-state index contributed by atoms with van der Waals surface area (Å²) in [6, 6.07) is 3.67. The number of ether oxygens (including phenoxy) is 1. The highest BCUT2D eigenvalue weighted by Crippen LogP contribution is 2.14. The summed E-state index contributed by atoms with van der Waals surface area (Å²) < 4.78 is 4.71. The van der Waals surface area contributed by atoms with E-state index < -0.39 is 0 Å². The smallest absolute Gasteiger partial charge is 0.310 e. The van der Waals surface area contributed by atoms with Crippen LogP contribution < -0.4 is 0 Å². The fourth-order valence-electron chi connectivity index (χ4n) is 1.79. The number of nitrogens with zero attached hydrogens (tertiary/aromatic N) is 1. The molecule has 19 heavy (non-hydrogen) atoms. The lowest BCUT2D eigenvalue weighted by atomic mass is 10.1. The SMILES string of the molecule is CCCCN(CC(C)C(=O)OC)C(=O)c1cccs1. The molecule has 0 aromatic carbocycles. The highest BCUT2D eigenvalue weighted by Gasteiger charge is 2.22. The quantitative estimate of drug-likeness (QED) is 0.723. The van der Waals surface area contributed by atoms with Gasteiger partial charge in [-0.1, -0.05) is 26.3 Å². The number of hydrogen-bond acceptors (Lipinski definition) is 4. The highest BCUT2D eigenvalue weighted by atomic mass is 32.1. The number of thiophene rings is 1. The van der Waals surface area contributed by atoms with Gasteiger partial charge in [-0.05, 0) is 17.9 Å². The third-order valence-corrected chi connectivity index (χ3v) is 3.76. The summed E-state index contributed by atoms with van der Waals surface area (Å²) in [5.74, 6) is -0.578. The van der Waals surface area contributed by atoms with Crippen molar-refractivity contribution in [2.24, 2.45) is 5.92 Å². The Kier molecular flexibility index (Phi) is 6.56. The first kappa shape index (κ1) is 15.7. The summed E-state index contributed by atoms with van der Waals surface area (Å²) in [4.78, 5) is 26.3. The lowest BCUT2D eigenvalue weighted by Gasteiger charge is -2.24. The van der Waals surface area contributed by atoms with Crippen LogP contribution in [0.5, 0.6) is 0 Å². The van der Waals surface area contributed by atoms with E-state index in [1.807, 2.05) is 17.5 Å². The maximum Gasteiger partial charge on any atom is 0.310 e. The van der Waals surface area contributed by atoms with Gasteiger partial charge in [0.05, 0.1) is 17.9 Å². The van der Waals surface area contributed by atoms with Crippen LogP contribution in [0.1, 0.15) is 36.4 Å². The van der Waals surface area contributed by atoms with Crippen LogP contribution in [0.25, 0.3) is 0 Å². The number of unbranched alkanes of at least 4 members (excludes halogenated alkanes) is 1. The minimum atomic E-state index is -0.300. The van der Waals surface area contributed by atoms with E-state index in [9.17, 15) is 9.59 Å². The molecule has 0 aliphatic rings. The lowest BCUT2D eigenvalue weighted by Crippen LogP contribution is -2.37. The Labute approximate surface area is 118 Å². The first-order chi connectivity index (χ1) is 9.10. The maximum absolute atomic E-state index is 12.3. The number of esters is 1. The normalized spacial score (nSPS) is 11.9. The van der Waals surface area contributed by atoms with Gasteiger partial charge in [-0.15, -0.1) is 11.3 Å². The van der Waals surface area contributed by atoms with Crippen LogP contribution in [0.2, 0.25) is 0 Å². The summed E-state index contributed by atoms with van der Waals surface area (Å²) in [6.07, 6.45) is 1.95. The number of methoxy groups -OCH3 is 1. The second-order valence-corrected chi connectivity index (χ2v) is 5.45. The molecule has 1 amide bonds. The molecule has 1 atom stereocenters. The third kappa shape index (κ3) is 4.67. The van der Waals surface area contributed by atoms with E-state index in [-0.39, 0.29) is 17.8 Å². The number of hydrogen-bond donors (Lipinski definition) is 0. The molecule has 0 aliphatic heterocycles. The summed E-state index contributed by atoms with van der Waals surface area (Å²) in [5, 5.41) is 1.88. The Bertz CT molecular complexity index is 403. The molecule has 5 heteroatoms. The van der Waals surface area contributed by atoms with Crippen molar-refractivity contribution in [2.45, 2.75) is 26.7 Å². The van der Waals surface area contributed by atoms with Crippen LogP contribution in [0, 0.1) is 5.92 Å². The molecule has 0 aliphatic carbocycles. The van der Waals surface area contributed by atoms with Crippen molar-refractivity contribution < 1.29 is 14.3 Å². The van der Waals surface area contributed by atoms with Crippen molar-refractivity contribution in [3.05, 3.63) is 22.4 Å². The van der Waals surface area contributed by atoms with Crippen LogP contribution in [-0.2, 0) is 9.53 Å². The van der Waals surface area contributed by atoms with E-state index >= 15 is 0 Å². The van der Waals surface area contributed by atoms with Gasteiger partial charge in [-0.3, -0.25) is 9.59 Å². The van der Waals surface area contributed by atoms with E-state index in [4.69, 9.17) is 4.74 Å². The minimum Gasteiger partial charge on any atom is -0.469 e. The third-order valence-electron chi connectivity index (χ3n) is 2.90. The molecule has 1 heterocycles. The number of rotatable bonds is 7. The second kappa shape index (κ2) is 7.94.